The highest BCUT2D eigenvalue weighted by Gasteiger charge is 2.41. The minimum Gasteiger partial charge on any atom is -0.375 e. The summed E-state index contributed by atoms with van der Waals surface area (Å²) in [7, 11) is 0. The first-order valence-electron chi connectivity index (χ1n) is 5.95. The van der Waals surface area contributed by atoms with E-state index in [1.54, 1.807) is 0 Å². The van der Waals surface area contributed by atoms with Crippen molar-refractivity contribution in [2.24, 2.45) is 5.92 Å². The summed E-state index contributed by atoms with van der Waals surface area (Å²) in [5, 5.41) is 0. The molecule has 0 aromatic rings. The van der Waals surface area contributed by atoms with Crippen LogP contribution >= 0.6 is 15.9 Å². The maximum atomic E-state index is 5.98. The molecule has 1 saturated carbocycles. The summed E-state index contributed by atoms with van der Waals surface area (Å²) in [5.74, 6) is 0.699. The second-order valence-electron chi connectivity index (χ2n) is 4.79. The molecule has 0 amide bonds. The molecule has 1 aliphatic rings. The SMILES string of the molecule is CCOC1C(Br)CC1OC(C)CC(C)C. The van der Waals surface area contributed by atoms with Crippen LogP contribution in [0.2, 0.25) is 0 Å². The van der Waals surface area contributed by atoms with E-state index in [1.165, 1.54) is 0 Å². The zero-order valence-electron chi connectivity index (χ0n) is 10.2. The molecule has 0 bridgehead atoms. The van der Waals surface area contributed by atoms with Crippen LogP contribution < -0.4 is 0 Å². The molecule has 3 heteroatoms. The molecule has 1 rings (SSSR count). The number of rotatable bonds is 6. The average Bonchev–Trinajstić information content (AvgIpc) is 2.12. The van der Waals surface area contributed by atoms with E-state index >= 15 is 0 Å². The third-order valence-corrected chi connectivity index (χ3v) is 3.64. The van der Waals surface area contributed by atoms with E-state index in [9.17, 15) is 0 Å². The normalized spacial score (nSPS) is 32.8. The van der Waals surface area contributed by atoms with E-state index in [2.05, 4.69) is 36.7 Å². The predicted octanol–water partition coefficient (Wildman–Crippen LogP) is 3.38. The first-order chi connectivity index (χ1) is 7.04. The van der Waals surface area contributed by atoms with E-state index in [0.717, 1.165) is 19.4 Å². The number of halogens is 1. The van der Waals surface area contributed by atoms with Gasteiger partial charge in [-0.05, 0) is 32.6 Å². The molecule has 0 heterocycles. The van der Waals surface area contributed by atoms with Crippen LogP contribution in [0.1, 0.15) is 40.5 Å². The molecule has 0 spiro atoms. The molecule has 0 N–H and O–H groups in total. The summed E-state index contributed by atoms with van der Waals surface area (Å²) in [5.41, 5.74) is 0. The zero-order valence-corrected chi connectivity index (χ0v) is 11.8. The number of hydrogen-bond acceptors (Lipinski definition) is 2. The van der Waals surface area contributed by atoms with Crippen LogP contribution in [0.5, 0.6) is 0 Å². The Morgan fingerprint density at radius 1 is 1.33 bits per heavy atom. The Morgan fingerprint density at radius 2 is 2.00 bits per heavy atom. The van der Waals surface area contributed by atoms with Gasteiger partial charge in [-0.15, -0.1) is 0 Å². The summed E-state index contributed by atoms with van der Waals surface area (Å²) in [6, 6.07) is 0. The number of alkyl halides is 1. The fourth-order valence-electron chi connectivity index (χ4n) is 2.08. The molecule has 0 aliphatic heterocycles. The highest BCUT2D eigenvalue weighted by Crippen LogP contribution is 2.34. The summed E-state index contributed by atoms with van der Waals surface area (Å²) < 4.78 is 11.6. The van der Waals surface area contributed by atoms with Crippen molar-refractivity contribution in [3.8, 4) is 0 Å². The highest BCUT2D eigenvalue weighted by atomic mass is 79.9. The molecular formula is C12H23BrO2. The van der Waals surface area contributed by atoms with Crippen LogP contribution in [0.4, 0.5) is 0 Å². The smallest absolute Gasteiger partial charge is 0.0962 e. The van der Waals surface area contributed by atoms with Gasteiger partial charge in [-0.3, -0.25) is 0 Å². The lowest BCUT2D eigenvalue weighted by molar-refractivity contribution is -0.142. The molecule has 2 nitrogen and oxygen atoms in total. The Bertz CT molecular complexity index is 184. The monoisotopic (exact) mass is 278 g/mol. The van der Waals surface area contributed by atoms with E-state index in [-0.39, 0.29) is 6.10 Å². The van der Waals surface area contributed by atoms with Crippen LogP contribution in [-0.2, 0) is 9.47 Å². The Labute approximate surface area is 102 Å². The summed E-state index contributed by atoms with van der Waals surface area (Å²) in [6.07, 6.45) is 3.10. The molecule has 15 heavy (non-hydrogen) atoms. The van der Waals surface area contributed by atoms with Gasteiger partial charge in [0.2, 0.25) is 0 Å². The summed E-state index contributed by atoms with van der Waals surface area (Å²) in [6.45, 7) is 9.42. The van der Waals surface area contributed by atoms with Gasteiger partial charge in [0.05, 0.1) is 18.3 Å². The van der Waals surface area contributed by atoms with E-state index in [4.69, 9.17) is 9.47 Å². The van der Waals surface area contributed by atoms with Crippen LogP contribution in [0, 0.1) is 5.92 Å². The summed E-state index contributed by atoms with van der Waals surface area (Å²) >= 11 is 3.60. The average molecular weight is 279 g/mol. The van der Waals surface area contributed by atoms with Crippen molar-refractivity contribution < 1.29 is 9.47 Å². The number of ether oxygens (including phenoxy) is 2. The fourth-order valence-corrected chi connectivity index (χ4v) is 2.94. The van der Waals surface area contributed by atoms with Gasteiger partial charge in [0.1, 0.15) is 0 Å². The van der Waals surface area contributed by atoms with Gasteiger partial charge in [0.25, 0.3) is 0 Å². The van der Waals surface area contributed by atoms with Crippen molar-refractivity contribution in [1.29, 1.82) is 0 Å². The van der Waals surface area contributed by atoms with E-state index in [0.29, 0.717) is 23.0 Å². The maximum absolute atomic E-state index is 5.98. The third kappa shape index (κ3) is 4.04. The second-order valence-corrected chi connectivity index (χ2v) is 5.96. The largest absolute Gasteiger partial charge is 0.375 e. The standard InChI is InChI=1S/C12H23BrO2/c1-5-14-12-10(13)7-11(12)15-9(4)6-8(2)3/h8-12H,5-7H2,1-4H3. The first-order valence-corrected chi connectivity index (χ1v) is 6.87. The van der Waals surface area contributed by atoms with E-state index in [1.807, 2.05) is 6.92 Å². The van der Waals surface area contributed by atoms with Crippen LogP contribution in [0.3, 0.4) is 0 Å². The van der Waals surface area contributed by atoms with Crippen LogP contribution in [0.15, 0.2) is 0 Å². The van der Waals surface area contributed by atoms with E-state index < -0.39 is 0 Å². The van der Waals surface area contributed by atoms with Gasteiger partial charge in [-0.1, -0.05) is 29.8 Å². The maximum Gasteiger partial charge on any atom is 0.0962 e. The van der Waals surface area contributed by atoms with Crippen molar-refractivity contribution in [3.05, 3.63) is 0 Å². The van der Waals surface area contributed by atoms with Crippen molar-refractivity contribution in [1.82, 2.24) is 0 Å². The molecule has 0 aromatic carbocycles. The third-order valence-electron chi connectivity index (χ3n) is 2.75. The Balaban J connectivity index is 2.26. The minimum absolute atomic E-state index is 0.254. The number of hydrogen-bond donors (Lipinski definition) is 0. The van der Waals surface area contributed by atoms with Crippen LogP contribution in [-0.4, -0.2) is 29.7 Å². The van der Waals surface area contributed by atoms with Gasteiger partial charge in [-0.2, -0.15) is 0 Å². The quantitative estimate of drug-likeness (QED) is 0.694. The summed E-state index contributed by atoms with van der Waals surface area (Å²) in [4.78, 5) is 0.480. The topological polar surface area (TPSA) is 18.5 Å². The molecule has 1 fully saturated rings. The van der Waals surface area contributed by atoms with Crippen molar-refractivity contribution in [2.45, 2.75) is 63.7 Å². The molecule has 0 aromatic heterocycles. The van der Waals surface area contributed by atoms with Crippen molar-refractivity contribution >= 4 is 15.9 Å². The van der Waals surface area contributed by atoms with Gasteiger partial charge in [0.15, 0.2) is 0 Å². The van der Waals surface area contributed by atoms with Gasteiger partial charge in [-0.25, -0.2) is 0 Å². The van der Waals surface area contributed by atoms with Gasteiger partial charge in [0, 0.05) is 11.4 Å². The predicted molar refractivity (Wildman–Crippen MR) is 66.5 cm³/mol. The molecule has 0 saturated heterocycles. The molecule has 0 radical (unpaired) electrons. The Morgan fingerprint density at radius 3 is 2.47 bits per heavy atom. The molecule has 4 atom stereocenters. The fraction of sp³-hybridized carbons (Fsp3) is 1.00. The van der Waals surface area contributed by atoms with Crippen LogP contribution in [0.25, 0.3) is 0 Å². The molecule has 1 aliphatic carbocycles. The first kappa shape index (κ1) is 13.5. The molecule has 90 valence electrons. The van der Waals surface area contributed by atoms with Gasteiger partial charge >= 0.3 is 0 Å². The molecular weight excluding hydrogens is 256 g/mol. The Hall–Kier alpha value is 0.400. The molecule has 4 unspecified atom stereocenters. The highest BCUT2D eigenvalue weighted by molar-refractivity contribution is 9.09. The van der Waals surface area contributed by atoms with Gasteiger partial charge < -0.3 is 9.47 Å². The zero-order chi connectivity index (χ0) is 11.4. The lowest BCUT2D eigenvalue weighted by Gasteiger charge is -2.42. The Kier molecular flexibility index (Phi) is 5.58. The minimum atomic E-state index is 0.254. The second kappa shape index (κ2) is 6.21. The van der Waals surface area contributed by atoms with Crippen molar-refractivity contribution in [3.63, 3.8) is 0 Å². The lowest BCUT2D eigenvalue weighted by atomic mass is 9.91. The lowest BCUT2D eigenvalue weighted by Crippen LogP contribution is -2.51. The van der Waals surface area contributed by atoms with Crippen molar-refractivity contribution in [2.75, 3.05) is 6.61 Å².